The van der Waals surface area contributed by atoms with Gasteiger partial charge in [-0.05, 0) is 22.8 Å². The van der Waals surface area contributed by atoms with Gasteiger partial charge in [-0.1, -0.05) is 90.6 Å². The van der Waals surface area contributed by atoms with Crippen molar-refractivity contribution in [3.05, 3.63) is 113 Å². The smallest absolute Gasteiger partial charge is 0.174 e. The molecule has 0 amide bonds. The highest BCUT2D eigenvalue weighted by atomic mass is 32.2. The van der Waals surface area contributed by atoms with Crippen molar-refractivity contribution in [2.24, 2.45) is 4.99 Å². The average Bonchev–Trinajstić information content (AvgIpc) is 3.22. The van der Waals surface area contributed by atoms with Crippen molar-refractivity contribution in [3.63, 3.8) is 0 Å². The lowest BCUT2D eigenvalue weighted by Crippen LogP contribution is -2.34. The van der Waals surface area contributed by atoms with Crippen LogP contribution < -0.4 is 0 Å². The Labute approximate surface area is 179 Å². The van der Waals surface area contributed by atoms with Gasteiger partial charge >= 0.3 is 0 Å². The first kappa shape index (κ1) is 17.2. The molecular formula is C25H18N2S2. The minimum absolute atomic E-state index is 0.168. The van der Waals surface area contributed by atoms with Crippen LogP contribution in [0.5, 0.6) is 0 Å². The first-order chi connectivity index (χ1) is 14.4. The first-order valence-corrected chi connectivity index (χ1v) is 11.6. The van der Waals surface area contributed by atoms with Crippen LogP contribution in [-0.2, 0) is 0 Å². The molecule has 29 heavy (non-hydrogen) atoms. The van der Waals surface area contributed by atoms with Crippen LogP contribution in [0.4, 0.5) is 0 Å². The molecule has 0 bridgehead atoms. The largest absolute Gasteiger partial charge is 0.308 e. The number of thioether (sulfide) groups is 2. The van der Waals surface area contributed by atoms with Crippen molar-refractivity contribution in [2.45, 2.75) is 10.9 Å². The summed E-state index contributed by atoms with van der Waals surface area (Å²) >= 11 is 3.65. The van der Waals surface area contributed by atoms with Crippen LogP contribution >= 0.6 is 23.5 Å². The summed E-state index contributed by atoms with van der Waals surface area (Å²) in [5.74, 6) is 0.964. The van der Waals surface area contributed by atoms with Crippen LogP contribution in [0.25, 0.3) is 11.4 Å². The van der Waals surface area contributed by atoms with Gasteiger partial charge in [-0.2, -0.15) is 0 Å². The lowest BCUT2D eigenvalue weighted by Gasteiger charge is -2.39. The number of hydrogen-bond donors (Lipinski definition) is 0. The van der Waals surface area contributed by atoms with E-state index in [1.165, 1.54) is 32.9 Å². The molecule has 0 spiro atoms. The molecular weight excluding hydrogens is 392 g/mol. The van der Waals surface area contributed by atoms with E-state index in [9.17, 15) is 0 Å². The highest BCUT2D eigenvalue weighted by Gasteiger charge is 2.40. The number of amidine groups is 1. The fraction of sp³-hybridized carbons (Fsp3) is 0.0800. The van der Waals surface area contributed by atoms with Crippen LogP contribution in [0.2, 0.25) is 0 Å². The Kier molecular flexibility index (Phi) is 4.13. The van der Waals surface area contributed by atoms with E-state index in [1.807, 2.05) is 11.8 Å². The van der Waals surface area contributed by atoms with Crippen LogP contribution in [-0.4, -0.2) is 15.8 Å². The van der Waals surface area contributed by atoms with Crippen molar-refractivity contribution in [3.8, 4) is 0 Å². The van der Waals surface area contributed by atoms with E-state index in [0.29, 0.717) is 0 Å². The molecule has 3 aromatic carbocycles. The minimum Gasteiger partial charge on any atom is -0.308 e. The summed E-state index contributed by atoms with van der Waals surface area (Å²) in [7, 11) is 0. The van der Waals surface area contributed by atoms with E-state index < -0.39 is 0 Å². The Morgan fingerprint density at radius 3 is 2.38 bits per heavy atom. The van der Waals surface area contributed by atoms with Crippen molar-refractivity contribution >= 4 is 40.1 Å². The Morgan fingerprint density at radius 1 is 0.828 bits per heavy atom. The zero-order valence-electron chi connectivity index (χ0n) is 15.7. The zero-order valence-corrected chi connectivity index (χ0v) is 17.3. The van der Waals surface area contributed by atoms with E-state index in [0.717, 1.165) is 16.6 Å². The Bertz CT molecular complexity index is 1180. The fourth-order valence-electron chi connectivity index (χ4n) is 4.23. The van der Waals surface area contributed by atoms with Gasteiger partial charge in [0.25, 0.3) is 0 Å². The zero-order chi connectivity index (χ0) is 19.2. The molecule has 0 N–H and O–H groups in total. The first-order valence-electron chi connectivity index (χ1n) is 9.70. The molecule has 4 heteroatoms. The molecule has 3 heterocycles. The molecule has 0 saturated heterocycles. The molecule has 3 aromatic rings. The van der Waals surface area contributed by atoms with E-state index in [-0.39, 0.29) is 6.04 Å². The maximum atomic E-state index is 5.18. The van der Waals surface area contributed by atoms with Crippen molar-refractivity contribution in [2.75, 3.05) is 5.75 Å². The molecule has 3 aliphatic rings. The normalized spacial score (nSPS) is 19.9. The number of aliphatic imine (C=N–C) groups is 1. The number of fused-ring (bicyclic) bond motifs is 3. The van der Waals surface area contributed by atoms with Gasteiger partial charge in [-0.15, -0.1) is 11.8 Å². The Hall–Kier alpha value is -2.69. The van der Waals surface area contributed by atoms with Crippen LogP contribution in [0, 0.1) is 0 Å². The third kappa shape index (κ3) is 2.78. The Balaban J connectivity index is 1.55. The van der Waals surface area contributed by atoms with Crippen LogP contribution in [0.1, 0.15) is 22.7 Å². The van der Waals surface area contributed by atoms with Gasteiger partial charge in [0.15, 0.2) is 5.17 Å². The summed E-state index contributed by atoms with van der Waals surface area (Å²) in [5.41, 5.74) is 7.61. The van der Waals surface area contributed by atoms with E-state index in [4.69, 9.17) is 4.99 Å². The van der Waals surface area contributed by atoms with Crippen molar-refractivity contribution < 1.29 is 0 Å². The van der Waals surface area contributed by atoms with Crippen molar-refractivity contribution in [1.82, 2.24) is 4.90 Å². The summed E-state index contributed by atoms with van der Waals surface area (Å²) in [4.78, 5) is 8.94. The number of rotatable bonds is 2. The maximum Gasteiger partial charge on any atom is 0.174 e. The van der Waals surface area contributed by atoms with E-state index in [1.54, 1.807) is 11.8 Å². The third-order valence-corrected chi connectivity index (χ3v) is 7.51. The number of benzene rings is 3. The van der Waals surface area contributed by atoms with E-state index in [2.05, 4.69) is 95.2 Å². The predicted octanol–water partition coefficient (Wildman–Crippen LogP) is 6.66. The standard InChI is InChI=1S/C25H18N2S2/c1-3-9-17(10-4-1)21-16-29-25-26-23-19-13-7-8-14-22(19)28-15-20(23)24(27(21)25)18-11-5-2-6-12-18/h1-14,16,24H,15H2. The Morgan fingerprint density at radius 2 is 1.55 bits per heavy atom. The average molecular weight is 411 g/mol. The summed E-state index contributed by atoms with van der Waals surface area (Å²) in [6, 6.07) is 30.3. The SMILES string of the molecule is C1=C(c2ccccc2)N2C(=NC3=C(CSc4ccccc43)C2c2ccccc2)S1. The molecule has 1 unspecified atom stereocenters. The van der Waals surface area contributed by atoms with Gasteiger partial charge in [0, 0.05) is 21.6 Å². The lowest BCUT2D eigenvalue weighted by atomic mass is 9.92. The molecule has 140 valence electrons. The fourth-order valence-corrected chi connectivity index (χ4v) is 6.26. The monoisotopic (exact) mass is 410 g/mol. The molecule has 0 radical (unpaired) electrons. The van der Waals surface area contributed by atoms with Gasteiger partial charge in [0.2, 0.25) is 0 Å². The van der Waals surface area contributed by atoms with Gasteiger partial charge in [-0.3, -0.25) is 0 Å². The molecule has 1 atom stereocenters. The van der Waals surface area contributed by atoms with Gasteiger partial charge in [-0.25, -0.2) is 4.99 Å². The minimum atomic E-state index is 0.168. The molecule has 2 nitrogen and oxygen atoms in total. The summed E-state index contributed by atoms with van der Waals surface area (Å²) in [6.07, 6.45) is 0. The lowest BCUT2D eigenvalue weighted by molar-refractivity contribution is 0.490. The molecule has 3 aliphatic heterocycles. The van der Waals surface area contributed by atoms with Crippen LogP contribution in [0.15, 0.2) is 106 Å². The second-order valence-electron chi connectivity index (χ2n) is 7.22. The van der Waals surface area contributed by atoms with E-state index >= 15 is 0 Å². The highest BCUT2D eigenvalue weighted by Crippen LogP contribution is 2.52. The second-order valence-corrected chi connectivity index (χ2v) is 9.08. The molecule has 0 fully saturated rings. The van der Waals surface area contributed by atoms with Gasteiger partial charge in [0.05, 0.1) is 17.4 Å². The molecule has 0 aliphatic carbocycles. The van der Waals surface area contributed by atoms with Gasteiger partial charge < -0.3 is 4.90 Å². The highest BCUT2D eigenvalue weighted by molar-refractivity contribution is 8.16. The predicted molar refractivity (Wildman–Crippen MR) is 125 cm³/mol. The van der Waals surface area contributed by atoms with Gasteiger partial charge in [0.1, 0.15) is 0 Å². The maximum absolute atomic E-state index is 5.18. The second kappa shape index (κ2) is 6.97. The third-order valence-electron chi connectivity index (χ3n) is 5.55. The number of nitrogens with zero attached hydrogens (tertiary/aromatic N) is 2. The molecule has 6 rings (SSSR count). The summed E-state index contributed by atoms with van der Waals surface area (Å²) in [5, 5.41) is 3.32. The van der Waals surface area contributed by atoms with Crippen LogP contribution in [0.3, 0.4) is 0 Å². The number of hydrogen-bond acceptors (Lipinski definition) is 4. The van der Waals surface area contributed by atoms with Crippen molar-refractivity contribution in [1.29, 1.82) is 0 Å². The topological polar surface area (TPSA) is 15.6 Å². The molecule has 0 saturated carbocycles. The summed E-state index contributed by atoms with van der Waals surface area (Å²) < 4.78 is 0. The summed E-state index contributed by atoms with van der Waals surface area (Å²) in [6.45, 7) is 0. The quantitative estimate of drug-likeness (QED) is 0.470. The molecule has 0 aromatic heterocycles.